The Morgan fingerprint density at radius 2 is 2.12 bits per heavy atom. The molecule has 2 N–H and O–H groups in total. The molecule has 3 heteroatoms. The van der Waals surface area contributed by atoms with Crippen LogP contribution in [-0.4, -0.2) is 12.7 Å². The molecule has 1 saturated heterocycles. The second-order valence-electron chi connectivity index (χ2n) is 6.12. The van der Waals surface area contributed by atoms with E-state index in [-0.39, 0.29) is 11.5 Å². The highest BCUT2D eigenvalue weighted by Crippen LogP contribution is 2.36. The highest BCUT2D eigenvalue weighted by atomic mass is 32.1. The number of hydrogen-bond donors (Lipinski definition) is 1. The van der Waals surface area contributed by atoms with Crippen molar-refractivity contribution in [1.82, 2.24) is 0 Å². The van der Waals surface area contributed by atoms with Crippen LogP contribution in [0.1, 0.15) is 49.9 Å². The maximum atomic E-state index is 6.35. The van der Waals surface area contributed by atoms with E-state index in [0.29, 0.717) is 12.0 Å². The van der Waals surface area contributed by atoms with Crippen molar-refractivity contribution in [3.63, 3.8) is 0 Å². The van der Waals surface area contributed by atoms with Crippen LogP contribution in [0.4, 0.5) is 0 Å². The lowest BCUT2D eigenvalue weighted by Gasteiger charge is -2.18. The van der Waals surface area contributed by atoms with Crippen molar-refractivity contribution in [2.24, 2.45) is 11.7 Å². The molecule has 2 rings (SSSR count). The average molecular weight is 253 g/mol. The van der Waals surface area contributed by atoms with Crippen molar-refractivity contribution in [3.8, 4) is 0 Å². The topological polar surface area (TPSA) is 35.2 Å². The molecule has 1 aromatic heterocycles. The van der Waals surface area contributed by atoms with Crippen LogP contribution in [0.5, 0.6) is 0 Å². The van der Waals surface area contributed by atoms with Gasteiger partial charge in [0.1, 0.15) is 0 Å². The molecule has 0 aliphatic carbocycles. The van der Waals surface area contributed by atoms with E-state index < -0.39 is 0 Å². The van der Waals surface area contributed by atoms with Gasteiger partial charge in [-0.2, -0.15) is 0 Å². The minimum atomic E-state index is 0.140. The number of nitrogens with two attached hydrogens (primary N) is 1. The second-order valence-corrected chi connectivity index (χ2v) is 7.23. The van der Waals surface area contributed by atoms with E-state index in [1.54, 1.807) is 0 Å². The van der Waals surface area contributed by atoms with Gasteiger partial charge in [0.2, 0.25) is 0 Å². The maximum absolute atomic E-state index is 6.35. The van der Waals surface area contributed by atoms with Gasteiger partial charge < -0.3 is 10.5 Å². The molecule has 3 unspecified atom stereocenters. The van der Waals surface area contributed by atoms with Gasteiger partial charge >= 0.3 is 0 Å². The smallest absolute Gasteiger partial charge is 0.0551 e. The van der Waals surface area contributed by atoms with Gasteiger partial charge in [-0.1, -0.05) is 20.8 Å². The third kappa shape index (κ3) is 2.90. The Morgan fingerprint density at radius 1 is 1.41 bits per heavy atom. The summed E-state index contributed by atoms with van der Waals surface area (Å²) in [6.45, 7) is 9.67. The van der Waals surface area contributed by atoms with Gasteiger partial charge in [0.15, 0.2) is 0 Å². The van der Waals surface area contributed by atoms with Gasteiger partial charge in [-0.25, -0.2) is 0 Å². The van der Waals surface area contributed by atoms with Crippen molar-refractivity contribution in [1.29, 1.82) is 0 Å². The summed E-state index contributed by atoms with van der Waals surface area (Å²) in [6, 6.07) is 4.55. The first kappa shape index (κ1) is 13.1. The Bertz CT molecular complexity index is 380. The quantitative estimate of drug-likeness (QED) is 0.876. The molecule has 1 fully saturated rings. The fraction of sp³-hybridized carbons (Fsp3) is 0.714. The second kappa shape index (κ2) is 4.71. The summed E-state index contributed by atoms with van der Waals surface area (Å²) in [7, 11) is 0. The van der Waals surface area contributed by atoms with Crippen molar-refractivity contribution < 1.29 is 4.74 Å². The first-order valence-electron chi connectivity index (χ1n) is 6.35. The molecule has 0 aromatic carbocycles. The molecular formula is C14H23NOS. The minimum Gasteiger partial charge on any atom is -0.378 e. The zero-order chi connectivity index (χ0) is 12.6. The van der Waals surface area contributed by atoms with Gasteiger partial charge in [-0.3, -0.25) is 0 Å². The molecule has 0 bridgehead atoms. The molecular weight excluding hydrogens is 230 g/mol. The van der Waals surface area contributed by atoms with Gasteiger partial charge in [0, 0.05) is 21.7 Å². The Hall–Kier alpha value is -0.380. The Morgan fingerprint density at radius 3 is 2.59 bits per heavy atom. The van der Waals surface area contributed by atoms with Crippen LogP contribution in [0.3, 0.4) is 0 Å². The molecule has 17 heavy (non-hydrogen) atoms. The molecule has 1 aliphatic heterocycles. The SMILES string of the molecule is CC1CC(C(N)c2ccc(C(C)(C)C)s2)CO1. The summed E-state index contributed by atoms with van der Waals surface area (Å²) >= 11 is 1.86. The van der Waals surface area contributed by atoms with Gasteiger partial charge in [0.05, 0.1) is 12.7 Å². The van der Waals surface area contributed by atoms with Crippen LogP contribution in [0.25, 0.3) is 0 Å². The third-order valence-electron chi connectivity index (χ3n) is 3.43. The first-order chi connectivity index (χ1) is 7.88. The van der Waals surface area contributed by atoms with Crippen LogP contribution in [-0.2, 0) is 10.2 Å². The van der Waals surface area contributed by atoms with E-state index in [9.17, 15) is 0 Å². The molecule has 96 valence electrons. The number of hydrogen-bond acceptors (Lipinski definition) is 3. The lowest BCUT2D eigenvalue weighted by atomic mass is 9.94. The molecule has 0 saturated carbocycles. The van der Waals surface area contributed by atoms with E-state index in [0.717, 1.165) is 13.0 Å². The molecule has 3 atom stereocenters. The van der Waals surface area contributed by atoms with E-state index >= 15 is 0 Å². The average Bonchev–Trinajstić information content (AvgIpc) is 2.83. The summed E-state index contributed by atoms with van der Waals surface area (Å²) in [4.78, 5) is 2.72. The van der Waals surface area contributed by atoms with Crippen molar-refractivity contribution in [2.75, 3.05) is 6.61 Å². The van der Waals surface area contributed by atoms with Crippen molar-refractivity contribution in [3.05, 3.63) is 21.9 Å². The molecule has 2 nitrogen and oxygen atoms in total. The summed E-state index contributed by atoms with van der Waals surface area (Å²) < 4.78 is 5.61. The van der Waals surface area contributed by atoms with Crippen LogP contribution in [0.2, 0.25) is 0 Å². The molecule has 2 heterocycles. The van der Waals surface area contributed by atoms with Crippen LogP contribution in [0, 0.1) is 5.92 Å². The number of thiophene rings is 1. The highest BCUT2D eigenvalue weighted by molar-refractivity contribution is 7.12. The van der Waals surface area contributed by atoms with Crippen molar-refractivity contribution in [2.45, 2.75) is 51.7 Å². The van der Waals surface area contributed by atoms with E-state index in [2.05, 4.69) is 39.8 Å². The molecule has 0 radical (unpaired) electrons. The summed E-state index contributed by atoms with van der Waals surface area (Å²) in [5.74, 6) is 0.483. The van der Waals surface area contributed by atoms with Gasteiger partial charge in [-0.15, -0.1) is 11.3 Å². The lowest BCUT2D eigenvalue weighted by molar-refractivity contribution is 0.118. The van der Waals surface area contributed by atoms with Crippen LogP contribution in [0.15, 0.2) is 12.1 Å². The minimum absolute atomic E-state index is 0.140. The number of rotatable bonds is 2. The fourth-order valence-electron chi connectivity index (χ4n) is 2.27. The first-order valence-corrected chi connectivity index (χ1v) is 7.17. The van der Waals surface area contributed by atoms with E-state index in [1.807, 2.05) is 11.3 Å². The van der Waals surface area contributed by atoms with Crippen LogP contribution < -0.4 is 5.73 Å². The van der Waals surface area contributed by atoms with Crippen molar-refractivity contribution >= 4 is 11.3 Å². The molecule has 0 amide bonds. The van der Waals surface area contributed by atoms with E-state index in [1.165, 1.54) is 9.75 Å². The third-order valence-corrected chi connectivity index (χ3v) is 5.04. The predicted molar refractivity (Wildman–Crippen MR) is 73.5 cm³/mol. The van der Waals surface area contributed by atoms with Gasteiger partial charge in [-0.05, 0) is 30.9 Å². The summed E-state index contributed by atoms with van der Waals surface area (Å²) in [5.41, 5.74) is 6.57. The number of ether oxygens (including phenoxy) is 1. The summed E-state index contributed by atoms with van der Waals surface area (Å²) in [6.07, 6.45) is 1.46. The molecule has 0 spiro atoms. The predicted octanol–water partition coefficient (Wildman–Crippen LogP) is 3.47. The normalized spacial score (nSPS) is 27.4. The van der Waals surface area contributed by atoms with Gasteiger partial charge in [0.25, 0.3) is 0 Å². The largest absolute Gasteiger partial charge is 0.378 e. The zero-order valence-corrected chi connectivity index (χ0v) is 12.0. The Balaban J connectivity index is 2.09. The Labute approximate surface area is 108 Å². The zero-order valence-electron chi connectivity index (χ0n) is 11.2. The van der Waals surface area contributed by atoms with Crippen LogP contribution >= 0.6 is 11.3 Å². The lowest BCUT2D eigenvalue weighted by Crippen LogP contribution is -2.20. The maximum Gasteiger partial charge on any atom is 0.0551 e. The summed E-state index contributed by atoms with van der Waals surface area (Å²) in [5, 5.41) is 0. The molecule has 1 aliphatic rings. The monoisotopic (exact) mass is 253 g/mol. The molecule has 1 aromatic rings. The Kier molecular flexibility index (Phi) is 3.62. The highest BCUT2D eigenvalue weighted by Gasteiger charge is 2.29. The standard InChI is InChI=1S/C14H23NOS/c1-9-7-10(8-16-9)13(15)11-5-6-12(17-11)14(2,3)4/h5-6,9-10,13H,7-8,15H2,1-4H3. The van der Waals surface area contributed by atoms with E-state index in [4.69, 9.17) is 10.5 Å². The fourth-order valence-corrected chi connectivity index (χ4v) is 3.43.